The average Bonchev–Trinajstić information content (AvgIpc) is 3.31. The highest BCUT2D eigenvalue weighted by atomic mass is 32.2. The third kappa shape index (κ3) is 6.26. The minimum atomic E-state index is -3.78. The largest absolute Gasteiger partial charge is 0.355 e. The predicted molar refractivity (Wildman–Crippen MR) is 152 cm³/mol. The van der Waals surface area contributed by atoms with Crippen molar-refractivity contribution in [2.75, 3.05) is 6.54 Å². The smallest absolute Gasteiger partial charge is 0.239 e. The summed E-state index contributed by atoms with van der Waals surface area (Å²) in [5.41, 5.74) is 3.39. The lowest BCUT2D eigenvalue weighted by atomic mass is 9.88. The number of hydrogen-bond acceptors (Lipinski definition) is 3. The van der Waals surface area contributed by atoms with Gasteiger partial charge in [0, 0.05) is 29.6 Å². The number of nitrogens with zero attached hydrogens (tertiary/aromatic N) is 1. The zero-order valence-corrected chi connectivity index (χ0v) is 22.2. The molecule has 0 atom stereocenters. The number of aromatic nitrogens is 1. The zero-order valence-electron chi connectivity index (χ0n) is 21.3. The van der Waals surface area contributed by atoms with Crippen LogP contribution in [-0.4, -0.2) is 25.4 Å². The Balaban J connectivity index is 1.31. The molecule has 0 unspecified atom stereocenters. The van der Waals surface area contributed by atoms with Crippen LogP contribution < -0.4 is 5.32 Å². The van der Waals surface area contributed by atoms with Crippen molar-refractivity contribution < 1.29 is 17.6 Å². The third-order valence-electron chi connectivity index (χ3n) is 6.81. The van der Waals surface area contributed by atoms with Crippen LogP contribution in [0.25, 0.3) is 10.9 Å². The van der Waals surface area contributed by atoms with Gasteiger partial charge in [0.15, 0.2) is 9.84 Å². The van der Waals surface area contributed by atoms with E-state index >= 15 is 0 Å². The van der Waals surface area contributed by atoms with Gasteiger partial charge in [-0.25, -0.2) is 12.8 Å². The molecule has 0 fully saturated rings. The lowest BCUT2D eigenvalue weighted by molar-refractivity contribution is -0.121. The molecule has 1 N–H and O–H groups in total. The van der Waals surface area contributed by atoms with Crippen LogP contribution in [0.1, 0.15) is 29.0 Å². The molecule has 0 aliphatic rings. The molecule has 1 amide bonds. The lowest BCUT2D eigenvalue weighted by Gasteiger charge is -2.18. The number of carbonyl (C=O) groups excluding carboxylic acids is 1. The quantitative estimate of drug-likeness (QED) is 0.233. The number of nitrogens with one attached hydrogen (secondary N) is 1. The Hall–Kier alpha value is -4.23. The molecular weight excluding hydrogens is 511 g/mol. The number of halogens is 1. The van der Waals surface area contributed by atoms with Crippen molar-refractivity contribution in [3.63, 3.8) is 0 Å². The molecule has 5 aromatic rings. The number of para-hydroxylation sites is 1. The highest BCUT2D eigenvalue weighted by molar-refractivity contribution is 7.90. The van der Waals surface area contributed by atoms with Gasteiger partial charge >= 0.3 is 0 Å². The Morgan fingerprint density at radius 3 is 2.13 bits per heavy atom. The van der Waals surface area contributed by atoms with Crippen LogP contribution in [0.15, 0.2) is 120 Å². The predicted octanol–water partition coefficient (Wildman–Crippen LogP) is 6.09. The van der Waals surface area contributed by atoms with E-state index in [1.54, 1.807) is 28.8 Å². The first-order valence-corrected chi connectivity index (χ1v) is 14.5. The molecule has 5 nitrogen and oxygen atoms in total. The van der Waals surface area contributed by atoms with Crippen molar-refractivity contribution in [3.05, 3.63) is 138 Å². The van der Waals surface area contributed by atoms with Gasteiger partial charge in [0.25, 0.3) is 0 Å². The van der Waals surface area contributed by atoms with Crippen LogP contribution in [0.3, 0.4) is 0 Å². The molecule has 4 aromatic carbocycles. The van der Waals surface area contributed by atoms with Crippen LogP contribution in [0.2, 0.25) is 0 Å². The third-order valence-corrected chi connectivity index (χ3v) is 8.51. The summed E-state index contributed by atoms with van der Waals surface area (Å²) >= 11 is 0. The standard InChI is InChI=1S/C32H29FN2O3S/c33-27-15-9-10-24(20-27)23-39(37,38)31-21-35(30-17-8-7-16-29(30)31)22-32(36)34-19-18-28(25-11-3-1-4-12-25)26-13-5-2-6-14-26/h1-17,20-21,28H,18-19,22-23H2,(H,34,36). The van der Waals surface area contributed by atoms with Gasteiger partial charge in [0.05, 0.1) is 10.6 Å². The summed E-state index contributed by atoms with van der Waals surface area (Å²) in [6.07, 6.45) is 2.23. The van der Waals surface area contributed by atoms with Gasteiger partial charge in [0.2, 0.25) is 5.91 Å². The molecule has 1 heterocycles. The van der Waals surface area contributed by atoms with Crippen molar-refractivity contribution in [3.8, 4) is 0 Å². The maximum Gasteiger partial charge on any atom is 0.239 e. The molecule has 0 aliphatic carbocycles. The van der Waals surface area contributed by atoms with E-state index in [4.69, 9.17) is 0 Å². The fraction of sp³-hybridized carbons (Fsp3) is 0.156. The second kappa shape index (κ2) is 11.7. The van der Waals surface area contributed by atoms with Crippen LogP contribution in [0, 0.1) is 5.82 Å². The topological polar surface area (TPSA) is 68.2 Å². The Kier molecular flexibility index (Phi) is 7.89. The Morgan fingerprint density at radius 1 is 0.821 bits per heavy atom. The van der Waals surface area contributed by atoms with E-state index in [2.05, 4.69) is 29.6 Å². The van der Waals surface area contributed by atoms with Gasteiger partial charge in [-0.3, -0.25) is 4.79 Å². The van der Waals surface area contributed by atoms with Gasteiger partial charge in [-0.2, -0.15) is 0 Å². The van der Waals surface area contributed by atoms with E-state index in [0.717, 1.165) is 6.42 Å². The Bertz CT molecular complexity index is 1640. The number of carbonyl (C=O) groups is 1. The SMILES string of the molecule is O=C(Cn1cc(S(=O)(=O)Cc2cccc(F)c2)c2ccccc21)NCCC(c1ccccc1)c1ccccc1. The van der Waals surface area contributed by atoms with Gasteiger partial charge in [-0.05, 0) is 41.3 Å². The molecule has 198 valence electrons. The summed E-state index contributed by atoms with van der Waals surface area (Å²) in [6.45, 7) is 0.453. The minimum absolute atomic E-state index is 0.0165. The van der Waals surface area contributed by atoms with E-state index < -0.39 is 15.7 Å². The molecular formula is C32H29FN2O3S. The fourth-order valence-electron chi connectivity index (χ4n) is 4.98. The second-order valence-corrected chi connectivity index (χ2v) is 11.5. The summed E-state index contributed by atoms with van der Waals surface area (Å²) < 4.78 is 41.9. The van der Waals surface area contributed by atoms with Crippen molar-refractivity contribution in [1.29, 1.82) is 0 Å². The number of sulfone groups is 1. The summed E-state index contributed by atoms with van der Waals surface area (Å²) in [5.74, 6) is -0.876. The van der Waals surface area contributed by atoms with Crippen molar-refractivity contribution >= 4 is 26.6 Å². The summed E-state index contributed by atoms with van der Waals surface area (Å²) in [5, 5.41) is 3.55. The maximum absolute atomic E-state index is 13.6. The molecule has 0 saturated heterocycles. The highest BCUT2D eigenvalue weighted by Crippen LogP contribution is 2.29. The first-order chi connectivity index (χ1) is 18.9. The summed E-state index contributed by atoms with van der Waals surface area (Å²) in [7, 11) is -3.78. The molecule has 5 rings (SSSR count). The fourth-order valence-corrected chi connectivity index (χ4v) is 6.55. The average molecular weight is 541 g/mol. The van der Waals surface area contributed by atoms with Gasteiger partial charge in [-0.15, -0.1) is 0 Å². The van der Waals surface area contributed by atoms with E-state index in [9.17, 15) is 17.6 Å². The molecule has 0 aliphatic heterocycles. The van der Waals surface area contributed by atoms with Crippen LogP contribution in [0.4, 0.5) is 4.39 Å². The molecule has 1 aromatic heterocycles. The van der Waals surface area contributed by atoms with E-state index in [-0.39, 0.29) is 29.0 Å². The van der Waals surface area contributed by atoms with Crippen molar-refractivity contribution in [2.24, 2.45) is 0 Å². The molecule has 0 bridgehead atoms. The summed E-state index contributed by atoms with van der Waals surface area (Å²) in [4.78, 5) is 13.1. The molecule has 0 saturated carbocycles. The van der Waals surface area contributed by atoms with E-state index in [1.807, 2.05) is 42.5 Å². The van der Waals surface area contributed by atoms with Crippen LogP contribution in [0.5, 0.6) is 0 Å². The maximum atomic E-state index is 13.6. The molecule has 39 heavy (non-hydrogen) atoms. The van der Waals surface area contributed by atoms with E-state index in [0.29, 0.717) is 23.0 Å². The molecule has 0 spiro atoms. The first-order valence-electron chi connectivity index (χ1n) is 12.8. The lowest BCUT2D eigenvalue weighted by Crippen LogP contribution is -2.29. The normalized spacial score (nSPS) is 11.6. The van der Waals surface area contributed by atoms with Crippen LogP contribution >= 0.6 is 0 Å². The highest BCUT2D eigenvalue weighted by Gasteiger charge is 2.23. The second-order valence-electron chi connectivity index (χ2n) is 9.54. The number of fused-ring (bicyclic) bond motifs is 1. The Morgan fingerprint density at radius 2 is 1.46 bits per heavy atom. The Labute approximate surface area is 227 Å². The van der Waals surface area contributed by atoms with E-state index in [1.165, 1.54) is 35.5 Å². The van der Waals surface area contributed by atoms with Crippen molar-refractivity contribution in [1.82, 2.24) is 9.88 Å². The van der Waals surface area contributed by atoms with Gasteiger partial charge in [-0.1, -0.05) is 91.0 Å². The zero-order chi connectivity index (χ0) is 27.2. The van der Waals surface area contributed by atoms with Gasteiger partial charge < -0.3 is 9.88 Å². The monoisotopic (exact) mass is 540 g/mol. The molecule has 7 heteroatoms. The number of amides is 1. The molecule has 0 radical (unpaired) electrons. The van der Waals surface area contributed by atoms with Crippen molar-refractivity contribution in [2.45, 2.75) is 29.5 Å². The number of rotatable bonds is 10. The van der Waals surface area contributed by atoms with Crippen LogP contribution in [-0.2, 0) is 26.9 Å². The number of hydrogen-bond donors (Lipinski definition) is 1. The minimum Gasteiger partial charge on any atom is -0.355 e. The summed E-state index contributed by atoms with van der Waals surface area (Å²) in [6, 6.07) is 33.1. The van der Waals surface area contributed by atoms with Gasteiger partial charge in [0.1, 0.15) is 12.4 Å². The first kappa shape index (κ1) is 26.4. The number of benzene rings is 4.